The van der Waals surface area contributed by atoms with Gasteiger partial charge in [-0.2, -0.15) is 0 Å². The first-order valence-electron chi connectivity index (χ1n) is 10.5. The first kappa shape index (κ1) is 23.1. The molecule has 10 heteroatoms. The molecule has 1 aromatic carbocycles. The summed E-state index contributed by atoms with van der Waals surface area (Å²) in [6.07, 6.45) is 4.01. The van der Waals surface area contributed by atoms with Gasteiger partial charge < -0.3 is 19.4 Å². The standard InChI is InChI=1S/C22H26FN5O4/c1-2-32-22(31)27-13-11-26(12-14-27)20(29)7-10-28(16-17-3-5-18(23)6-4-17)21(30)19-15-24-8-9-25-19/h3-6,8-9,15H,2,7,10-14,16H2,1H3. The van der Waals surface area contributed by atoms with Crippen molar-refractivity contribution in [2.24, 2.45) is 0 Å². The molecule has 0 bridgehead atoms. The molecular weight excluding hydrogens is 417 g/mol. The second-order valence-corrected chi connectivity index (χ2v) is 7.26. The largest absolute Gasteiger partial charge is 0.450 e. The van der Waals surface area contributed by atoms with E-state index in [9.17, 15) is 18.8 Å². The van der Waals surface area contributed by atoms with Gasteiger partial charge in [0.1, 0.15) is 11.5 Å². The van der Waals surface area contributed by atoms with Gasteiger partial charge in [0.2, 0.25) is 5.91 Å². The third kappa shape index (κ3) is 6.22. The van der Waals surface area contributed by atoms with Crippen LogP contribution in [-0.4, -0.2) is 81.9 Å². The van der Waals surface area contributed by atoms with Gasteiger partial charge in [0.15, 0.2) is 0 Å². The Morgan fingerprint density at radius 1 is 1.06 bits per heavy atom. The predicted molar refractivity (Wildman–Crippen MR) is 113 cm³/mol. The number of ether oxygens (including phenoxy) is 1. The minimum Gasteiger partial charge on any atom is -0.450 e. The Morgan fingerprint density at radius 2 is 1.75 bits per heavy atom. The van der Waals surface area contributed by atoms with Crippen LogP contribution in [0, 0.1) is 5.82 Å². The Morgan fingerprint density at radius 3 is 2.38 bits per heavy atom. The number of carbonyl (C=O) groups is 3. The number of nitrogens with zero attached hydrogens (tertiary/aromatic N) is 5. The van der Waals surface area contributed by atoms with E-state index in [1.807, 2.05) is 0 Å². The molecule has 1 aliphatic heterocycles. The molecule has 0 aliphatic carbocycles. The zero-order chi connectivity index (χ0) is 22.9. The average molecular weight is 443 g/mol. The Bertz CT molecular complexity index is 918. The molecule has 0 saturated carbocycles. The zero-order valence-corrected chi connectivity index (χ0v) is 17.9. The van der Waals surface area contributed by atoms with Gasteiger partial charge in [-0.05, 0) is 24.6 Å². The number of hydrogen-bond acceptors (Lipinski definition) is 6. The Hall–Kier alpha value is -3.56. The molecule has 0 N–H and O–H groups in total. The van der Waals surface area contributed by atoms with E-state index in [1.54, 1.807) is 28.9 Å². The highest BCUT2D eigenvalue weighted by molar-refractivity contribution is 5.92. The minimum atomic E-state index is -0.375. The summed E-state index contributed by atoms with van der Waals surface area (Å²) in [4.78, 5) is 50.2. The molecule has 3 amide bonds. The van der Waals surface area contributed by atoms with Crippen molar-refractivity contribution in [1.82, 2.24) is 24.7 Å². The maximum Gasteiger partial charge on any atom is 0.409 e. The highest BCUT2D eigenvalue weighted by atomic mass is 19.1. The lowest BCUT2D eigenvalue weighted by molar-refractivity contribution is -0.133. The summed E-state index contributed by atoms with van der Waals surface area (Å²) in [7, 11) is 0. The van der Waals surface area contributed by atoms with Crippen molar-refractivity contribution in [1.29, 1.82) is 0 Å². The molecule has 0 radical (unpaired) electrons. The van der Waals surface area contributed by atoms with Gasteiger partial charge >= 0.3 is 6.09 Å². The molecule has 170 valence electrons. The molecule has 32 heavy (non-hydrogen) atoms. The van der Waals surface area contributed by atoms with E-state index >= 15 is 0 Å². The topological polar surface area (TPSA) is 95.9 Å². The van der Waals surface area contributed by atoms with Crippen molar-refractivity contribution in [2.45, 2.75) is 19.9 Å². The van der Waals surface area contributed by atoms with Gasteiger partial charge in [-0.3, -0.25) is 14.6 Å². The number of hydrogen-bond donors (Lipinski definition) is 0. The van der Waals surface area contributed by atoms with E-state index < -0.39 is 0 Å². The summed E-state index contributed by atoms with van der Waals surface area (Å²) >= 11 is 0. The molecule has 2 aromatic rings. The molecule has 1 saturated heterocycles. The monoisotopic (exact) mass is 443 g/mol. The molecule has 9 nitrogen and oxygen atoms in total. The van der Waals surface area contributed by atoms with Crippen molar-refractivity contribution < 1.29 is 23.5 Å². The maximum atomic E-state index is 13.2. The summed E-state index contributed by atoms with van der Waals surface area (Å²) < 4.78 is 18.2. The van der Waals surface area contributed by atoms with Crippen LogP contribution in [0.4, 0.5) is 9.18 Å². The van der Waals surface area contributed by atoms with Gasteiger partial charge in [-0.25, -0.2) is 14.2 Å². The normalized spacial score (nSPS) is 13.6. The fourth-order valence-corrected chi connectivity index (χ4v) is 3.38. The average Bonchev–Trinajstić information content (AvgIpc) is 2.83. The molecule has 3 rings (SSSR count). The van der Waals surface area contributed by atoms with Crippen LogP contribution < -0.4 is 0 Å². The van der Waals surface area contributed by atoms with Crippen LogP contribution in [0.1, 0.15) is 29.4 Å². The number of benzene rings is 1. The number of halogens is 1. The van der Waals surface area contributed by atoms with E-state index in [4.69, 9.17) is 4.74 Å². The smallest absolute Gasteiger partial charge is 0.409 e. The van der Waals surface area contributed by atoms with E-state index in [1.165, 1.54) is 35.6 Å². The number of carbonyl (C=O) groups excluding carboxylic acids is 3. The fraction of sp³-hybridized carbons (Fsp3) is 0.409. The highest BCUT2D eigenvalue weighted by Gasteiger charge is 2.26. The predicted octanol–water partition coefficient (Wildman–Crippen LogP) is 1.95. The second-order valence-electron chi connectivity index (χ2n) is 7.26. The van der Waals surface area contributed by atoms with Crippen molar-refractivity contribution in [2.75, 3.05) is 39.3 Å². The summed E-state index contributed by atoms with van der Waals surface area (Å²) in [5.74, 6) is -0.829. The van der Waals surface area contributed by atoms with E-state index in [0.29, 0.717) is 32.8 Å². The van der Waals surface area contributed by atoms with Crippen molar-refractivity contribution in [3.8, 4) is 0 Å². The van der Waals surface area contributed by atoms with Gasteiger partial charge in [-0.15, -0.1) is 0 Å². The molecule has 0 spiro atoms. The quantitative estimate of drug-likeness (QED) is 0.649. The lowest BCUT2D eigenvalue weighted by Gasteiger charge is -2.34. The highest BCUT2D eigenvalue weighted by Crippen LogP contribution is 2.12. The molecule has 2 heterocycles. The van der Waals surface area contributed by atoms with Crippen LogP contribution in [0.25, 0.3) is 0 Å². The van der Waals surface area contributed by atoms with Gasteiger partial charge in [0.05, 0.1) is 12.8 Å². The SMILES string of the molecule is CCOC(=O)N1CCN(C(=O)CCN(Cc2ccc(F)cc2)C(=O)c2cnccn2)CC1. The first-order valence-corrected chi connectivity index (χ1v) is 10.5. The second kappa shape index (κ2) is 11.2. The molecule has 0 atom stereocenters. The van der Waals surface area contributed by atoms with E-state index in [-0.39, 0.29) is 48.9 Å². The maximum absolute atomic E-state index is 13.2. The molecule has 0 unspecified atom stereocenters. The summed E-state index contributed by atoms with van der Waals surface area (Å²) in [5.41, 5.74) is 0.907. The van der Waals surface area contributed by atoms with Crippen molar-refractivity contribution >= 4 is 17.9 Å². The van der Waals surface area contributed by atoms with Gasteiger partial charge in [0, 0.05) is 58.1 Å². The number of amides is 3. The molecular formula is C22H26FN5O4. The van der Waals surface area contributed by atoms with E-state index in [0.717, 1.165) is 5.56 Å². The summed E-state index contributed by atoms with van der Waals surface area (Å²) in [6.45, 7) is 4.06. The zero-order valence-electron chi connectivity index (χ0n) is 17.9. The van der Waals surface area contributed by atoms with Crippen LogP contribution in [-0.2, 0) is 16.1 Å². The minimum absolute atomic E-state index is 0.107. The Kier molecular flexibility index (Phi) is 8.07. The molecule has 1 aromatic heterocycles. The van der Waals surface area contributed by atoms with Crippen LogP contribution >= 0.6 is 0 Å². The Balaban J connectivity index is 1.60. The van der Waals surface area contributed by atoms with Gasteiger partial charge in [0.25, 0.3) is 5.91 Å². The third-order valence-corrected chi connectivity index (χ3v) is 5.11. The molecule has 1 fully saturated rings. The van der Waals surface area contributed by atoms with Crippen molar-refractivity contribution in [3.63, 3.8) is 0 Å². The number of rotatable bonds is 7. The van der Waals surface area contributed by atoms with Gasteiger partial charge in [-0.1, -0.05) is 12.1 Å². The van der Waals surface area contributed by atoms with E-state index in [2.05, 4.69) is 9.97 Å². The van der Waals surface area contributed by atoms with Crippen LogP contribution in [0.5, 0.6) is 0 Å². The van der Waals surface area contributed by atoms with Crippen LogP contribution in [0.3, 0.4) is 0 Å². The van der Waals surface area contributed by atoms with Crippen LogP contribution in [0.15, 0.2) is 42.9 Å². The number of piperazine rings is 1. The summed E-state index contributed by atoms with van der Waals surface area (Å²) in [6, 6.07) is 5.86. The first-order chi connectivity index (χ1) is 15.5. The lowest BCUT2D eigenvalue weighted by atomic mass is 10.2. The Labute approximate surface area is 185 Å². The number of aromatic nitrogens is 2. The lowest BCUT2D eigenvalue weighted by Crippen LogP contribution is -2.51. The molecule has 1 aliphatic rings. The third-order valence-electron chi connectivity index (χ3n) is 5.11. The summed E-state index contributed by atoms with van der Waals surface area (Å²) in [5, 5.41) is 0. The fourth-order valence-electron chi connectivity index (χ4n) is 3.38. The van der Waals surface area contributed by atoms with Crippen LogP contribution in [0.2, 0.25) is 0 Å². The van der Waals surface area contributed by atoms with Crippen molar-refractivity contribution in [3.05, 3.63) is 59.9 Å².